The highest BCUT2D eigenvalue weighted by Gasteiger charge is 2.46. The van der Waals surface area contributed by atoms with Crippen LogP contribution in [0.1, 0.15) is 41.5 Å². The van der Waals surface area contributed by atoms with E-state index in [0.29, 0.717) is 6.61 Å². The zero-order chi connectivity index (χ0) is 20.3. The molecule has 8 heteroatoms. The van der Waals surface area contributed by atoms with E-state index >= 15 is 0 Å². The van der Waals surface area contributed by atoms with Crippen molar-refractivity contribution in [2.24, 2.45) is 23.7 Å². The highest BCUT2D eigenvalue weighted by molar-refractivity contribution is 5.66. The van der Waals surface area contributed by atoms with Crippen LogP contribution in [0.3, 0.4) is 0 Å². The monoisotopic (exact) mass is 388 g/mol. The first-order valence-electron chi connectivity index (χ1n) is 9.53. The van der Waals surface area contributed by atoms with Crippen LogP contribution in [0, 0.1) is 23.7 Å². The van der Waals surface area contributed by atoms with E-state index in [0.717, 1.165) is 0 Å². The number of hydrogen-bond acceptors (Lipinski definition) is 8. The van der Waals surface area contributed by atoms with Crippen molar-refractivity contribution in [2.45, 2.75) is 72.4 Å². The Kier molecular flexibility index (Phi) is 7.62. The van der Waals surface area contributed by atoms with Gasteiger partial charge in [-0.15, -0.1) is 0 Å². The molecule has 0 radical (unpaired) electrons. The topological polar surface area (TPSA) is 101 Å². The van der Waals surface area contributed by atoms with Crippen LogP contribution in [0.4, 0.5) is 0 Å². The maximum Gasteiger partial charge on any atom is 0.303 e. The van der Waals surface area contributed by atoms with Crippen LogP contribution < -0.4 is 0 Å². The molecule has 0 aromatic rings. The highest BCUT2D eigenvalue weighted by Crippen LogP contribution is 2.36. The Morgan fingerprint density at radius 1 is 1.00 bits per heavy atom. The van der Waals surface area contributed by atoms with Gasteiger partial charge in [-0.3, -0.25) is 9.59 Å². The minimum absolute atomic E-state index is 0.0233. The molecule has 0 amide bonds. The van der Waals surface area contributed by atoms with Crippen LogP contribution in [0.5, 0.6) is 0 Å². The van der Waals surface area contributed by atoms with E-state index < -0.39 is 42.8 Å². The van der Waals surface area contributed by atoms with Crippen molar-refractivity contribution in [3.63, 3.8) is 0 Å². The molecule has 0 saturated carbocycles. The summed E-state index contributed by atoms with van der Waals surface area (Å²) in [5, 5.41) is 10.5. The maximum absolute atomic E-state index is 11.5. The van der Waals surface area contributed by atoms with E-state index in [4.69, 9.17) is 23.7 Å². The lowest BCUT2D eigenvalue weighted by Gasteiger charge is -2.46. The average molecular weight is 388 g/mol. The van der Waals surface area contributed by atoms with Gasteiger partial charge in [0.15, 0.2) is 18.7 Å². The molecule has 8 nitrogen and oxygen atoms in total. The number of aliphatic hydroxyl groups excluding tert-OH is 1. The first kappa shape index (κ1) is 22.1. The summed E-state index contributed by atoms with van der Waals surface area (Å²) < 4.78 is 27.9. The smallest absolute Gasteiger partial charge is 0.303 e. The van der Waals surface area contributed by atoms with Gasteiger partial charge in [0.1, 0.15) is 12.7 Å². The van der Waals surface area contributed by atoms with E-state index in [1.54, 1.807) is 0 Å². The third-order valence-electron chi connectivity index (χ3n) is 5.78. The van der Waals surface area contributed by atoms with Crippen LogP contribution in [0.25, 0.3) is 0 Å². The fourth-order valence-corrected chi connectivity index (χ4v) is 3.55. The molecule has 2 saturated heterocycles. The largest absolute Gasteiger partial charge is 0.463 e. The minimum Gasteiger partial charge on any atom is -0.463 e. The molecule has 0 spiro atoms. The molecule has 2 heterocycles. The lowest BCUT2D eigenvalue weighted by molar-refractivity contribution is -0.329. The highest BCUT2D eigenvalue weighted by atomic mass is 16.7. The molecule has 2 aliphatic rings. The van der Waals surface area contributed by atoms with Crippen LogP contribution >= 0.6 is 0 Å². The third kappa shape index (κ3) is 5.40. The van der Waals surface area contributed by atoms with E-state index in [1.807, 2.05) is 27.7 Å². The van der Waals surface area contributed by atoms with Crippen molar-refractivity contribution in [3.05, 3.63) is 0 Å². The molecule has 27 heavy (non-hydrogen) atoms. The summed E-state index contributed by atoms with van der Waals surface area (Å²) in [5.74, 6) is -0.643. The van der Waals surface area contributed by atoms with Gasteiger partial charge in [-0.1, -0.05) is 27.7 Å². The van der Waals surface area contributed by atoms with Crippen molar-refractivity contribution in [1.29, 1.82) is 0 Å². The van der Waals surface area contributed by atoms with Gasteiger partial charge in [0.05, 0.1) is 12.7 Å². The summed E-state index contributed by atoms with van der Waals surface area (Å²) in [5.41, 5.74) is 0. The van der Waals surface area contributed by atoms with Crippen LogP contribution in [0.2, 0.25) is 0 Å². The Balaban J connectivity index is 2.06. The fourth-order valence-electron chi connectivity index (χ4n) is 3.55. The standard InChI is InChI=1S/C19H32O8/c1-9-7-24-19(17(10(9)2)25-14(6)21)27-16-12(4)11(3)15(26-18(16)22)8-23-13(5)20/h9-12,15-19,22H,7-8H2,1-6H3/t9-,10+,11+,12+,15?,16?,17?,18?,19+/m1/s1. The van der Waals surface area contributed by atoms with Crippen molar-refractivity contribution < 1.29 is 38.4 Å². The molecule has 1 N–H and O–H groups in total. The van der Waals surface area contributed by atoms with Gasteiger partial charge in [0.2, 0.25) is 0 Å². The summed E-state index contributed by atoms with van der Waals surface area (Å²) in [7, 11) is 0. The number of rotatable bonds is 5. The number of ether oxygens (including phenoxy) is 5. The first-order valence-corrected chi connectivity index (χ1v) is 9.53. The minimum atomic E-state index is -1.20. The second-order valence-corrected chi connectivity index (χ2v) is 7.80. The predicted molar refractivity (Wildman–Crippen MR) is 94.3 cm³/mol. The third-order valence-corrected chi connectivity index (χ3v) is 5.78. The second kappa shape index (κ2) is 9.32. The van der Waals surface area contributed by atoms with Crippen molar-refractivity contribution in [3.8, 4) is 0 Å². The SMILES string of the molecule is CC(=O)OCC1OC(O)C(O[C@@H]2OC[C@@H](C)[C@H](C)C2OC(C)=O)[C@@H](C)[C@@H]1C. The predicted octanol–water partition coefficient (Wildman–Crippen LogP) is 1.48. The zero-order valence-electron chi connectivity index (χ0n) is 16.9. The average Bonchev–Trinajstić information content (AvgIpc) is 2.59. The molecule has 9 atom stereocenters. The van der Waals surface area contributed by atoms with E-state index in [-0.39, 0.29) is 30.3 Å². The molecule has 0 aliphatic carbocycles. The molecule has 2 rings (SSSR count). The number of carbonyl (C=O) groups excluding carboxylic acids is 2. The van der Waals surface area contributed by atoms with Crippen molar-refractivity contribution >= 4 is 11.9 Å². The fraction of sp³-hybridized carbons (Fsp3) is 0.895. The summed E-state index contributed by atoms with van der Waals surface area (Å²) in [6, 6.07) is 0. The van der Waals surface area contributed by atoms with Crippen molar-refractivity contribution in [1.82, 2.24) is 0 Å². The Morgan fingerprint density at radius 2 is 1.67 bits per heavy atom. The lowest BCUT2D eigenvalue weighted by atomic mass is 9.83. The summed E-state index contributed by atoms with van der Waals surface area (Å²) in [4.78, 5) is 22.5. The maximum atomic E-state index is 11.5. The first-order chi connectivity index (χ1) is 12.6. The van der Waals surface area contributed by atoms with Gasteiger partial charge in [0, 0.05) is 19.8 Å². The van der Waals surface area contributed by atoms with Gasteiger partial charge < -0.3 is 28.8 Å². The number of esters is 2. The zero-order valence-corrected chi connectivity index (χ0v) is 16.9. The lowest BCUT2D eigenvalue weighted by Crippen LogP contribution is -2.56. The van der Waals surface area contributed by atoms with Gasteiger partial charge in [-0.2, -0.15) is 0 Å². The van der Waals surface area contributed by atoms with E-state index in [1.165, 1.54) is 13.8 Å². The Bertz CT molecular complexity index is 524. The molecule has 0 aromatic heterocycles. The Morgan fingerprint density at radius 3 is 2.26 bits per heavy atom. The Hall–Kier alpha value is -1.22. The molecule has 156 valence electrons. The molecule has 4 unspecified atom stereocenters. The van der Waals surface area contributed by atoms with E-state index in [9.17, 15) is 14.7 Å². The van der Waals surface area contributed by atoms with Gasteiger partial charge in [-0.05, 0) is 17.8 Å². The molecule has 2 fully saturated rings. The summed E-state index contributed by atoms with van der Waals surface area (Å²) in [6.45, 7) is 11.2. The molecular weight excluding hydrogens is 356 g/mol. The quantitative estimate of drug-likeness (QED) is 0.707. The molecule has 2 aliphatic heterocycles. The van der Waals surface area contributed by atoms with Crippen LogP contribution in [-0.2, 0) is 33.3 Å². The number of aliphatic hydroxyl groups is 1. The second-order valence-electron chi connectivity index (χ2n) is 7.80. The molecule has 0 aromatic carbocycles. The van der Waals surface area contributed by atoms with Crippen LogP contribution in [-0.4, -0.2) is 61.2 Å². The molecular formula is C19H32O8. The summed E-state index contributed by atoms with van der Waals surface area (Å²) >= 11 is 0. The van der Waals surface area contributed by atoms with Gasteiger partial charge >= 0.3 is 11.9 Å². The van der Waals surface area contributed by atoms with Gasteiger partial charge in [-0.25, -0.2) is 0 Å². The van der Waals surface area contributed by atoms with Crippen molar-refractivity contribution in [2.75, 3.05) is 13.2 Å². The Labute approximate surface area is 160 Å². The van der Waals surface area contributed by atoms with Crippen LogP contribution in [0.15, 0.2) is 0 Å². The molecule has 0 bridgehead atoms. The number of carbonyl (C=O) groups is 2. The number of hydrogen-bond donors (Lipinski definition) is 1. The summed E-state index contributed by atoms with van der Waals surface area (Å²) in [6.07, 6.45) is -3.61. The normalized spacial score (nSPS) is 42.4. The van der Waals surface area contributed by atoms with E-state index in [2.05, 4.69) is 0 Å². The van der Waals surface area contributed by atoms with Gasteiger partial charge in [0.25, 0.3) is 0 Å².